The molecule has 26 nitrogen and oxygen atoms in total. The lowest BCUT2D eigenvalue weighted by molar-refractivity contribution is -0.480. The van der Waals surface area contributed by atoms with Crippen LogP contribution < -0.4 is 16.4 Å². The molecule has 0 saturated carbocycles. The number of phosphoric ester groups is 3. The summed E-state index contributed by atoms with van der Waals surface area (Å²) in [6.07, 6.45) is -6.95. The van der Waals surface area contributed by atoms with E-state index in [-0.39, 0.29) is 49.5 Å². The summed E-state index contributed by atoms with van der Waals surface area (Å²) in [4.78, 5) is 84.6. The Labute approximate surface area is 287 Å². The molecule has 0 bridgehead atoms. The summed E-state index contributed by atoms with van der Waals surface area (Å²) < 4.78 is 61.7. The highest BCUT2D eigenvalue weighted by Gasteiger charge is 2.50. The Morgan fingerprint density at radius 2 is 1.78 bits per heavy atom. The highest BCUT2D eigenvalue weighted by molar-refractivity contribution is 7.61. The molecule has 1 saturated heterocycles. The van der Waals surface area contributed by atoms with E-state index in [1.165, 1.54) is 13.8 Å². The highest BCUT2D eigenvalue weighted by atomic mass is 31.3. The van der Waals surface area contributed by atoms with E-state index in [4.69, 9.17) is 19.5 Å². The van der Waals surface area contributed by atoms with Crippen LogP contribution in [0.4, 0.5) is 5.82 Å². The number of fused-ring (bicyclic) bond motifs is 1. The Hall–Kier alpha value is -3.06. The Balaban J connectivity index is 1.55. The van der Waals surface area contributed by atoms with Crippen molar-refractivity contribution in [2.45, 2.75) is 57.3 Å². The molecule has 2 unspecified atom stereocenters. The van der Waals surface area contributed by atoms with E-state index in [1.54, 1.807) is 0 Å². The van der Waals surface area contributed by atoms with Crippen molar-refractivity contribution in [2.24, 2.45) is 5.41 Å². The molecule has 2 aromatic rings. The van der Waals surface area contributed by atoms with Gasteiger partial charge in [-0.15, -0.1) is 0 Å². The van der Waals surface area contributed by atoms with Gasteiger partial charge in [0.25, 0.3) is 0 Å². The van der Waals surface area contributed by atoms with Crippen molar-refractivity contribution in [3.8, 4) is 0 Å². The first kappa shape index (κ1) is 42.4. The van der Waals surface area contributed by atoms with E-state index in [0.29, 0.717) is 0 Å². The average Bonchev–Trinajstić information content (AvgIpc) is 3.57. The van der Waals surface area contributed by atoms with Gasteiger partial charge < -0.3 is 50.9 Å². The van der Waals surface area contributed by atoms with Gasteiger partial charge in [0.15, 0.2) is 17.7 Å². The summed E-state index contributed by atoms with van der Waals surface area (Å²) >= 11 is 0. The van der Waals surface area contributed by atoms with Crippen molar-refractivity contribution in [1.29, 1.82) is 0 Å². The van der Waals surface area contributed by atoms with Crippen LogP contribution in [-0.2, 0) is 45.9 Å². The summed E-state index contributed by atoms with van der Waals surface area (Å²) in [7, 11) is -16.4. The molecule has 29 heteroatoms. The fraction of sp³-hybridized carbons (Fsp3) is 0.682. The second-order valence-electron chi connectivity index (χ2n) is 11.5. The summed E-state index contributed by atoms with van der Waals surface area (Å²) in [5.41, 5.74) is 4.21. The third-order valence-electron chi connectivity index (χ3n) is 6.92. The number of nitro groups is 1. The van der Waals surface area contributed by atoms with Gasteiger partial charge in [-0.2, -0.15) is 4.31 Å². The monoisotopic (exact) mass is 794 g/mol. The van der Waals surface area contributed by atoms with Crippen molar-refractivity contribution in [3.63, 3.8) is 0 Å². The highest BCUT2D eigenvalue weighted by Crippen LogP contribution is 2.61. The first-order chi connectivity index (χ1) is 23.5. The molecule has 0 aliphatic carbocycles. The number of hydrogen-bond donors (Lipinski definition) is 9. The maximum Gasteiger partial charge on any atom is 0.481 e. The number of imidazole rings is 1. The molecule has 2 aromatic heterocycles. The topological polar surface area (TPSA) is 390 Å². The zero-order valence-corrected chi connectivity index (χ0v) is 29.4. The first-order valence-corrected chi connectivity index (χ1v) is 19.0. The molecule has 51 heavy (non-hydrogen) atoms. The summed E-state index contributed by atoms with van der Waals surface area (Å²) in [6, 6.07) is 0. The third-order valence-corrected chi connectivity index (χ3v) is 10.0. The van der Waals surface area contributed by atoms with Crippen LogP contribution in [0.1, 0.15) is 32.9 Å². The van der Waals surface area contributed by atoms with Crippen molar-refractivity contribution >= 4 is 52.3 Å². The average molecular weight is 794 g/mol. The molecule has 0 spiro atoms. The second kappa shape index (κ2) is 17.2. The van der Waals surface area contributed by atoms with Crippen LogP contribution in [0.15, 0.2) is 12.7 Å². The minimum Gasteiger partial charge on any atom is -0.386 e. The minimum atomic E-state index is -5.57. The van der Waals surface area contributed by atoms with Crippen LogP contribution in [0, 0.1) is 15.5 Å². The third kappa shape index (κ3) is 12.5. The smallest absolute Gasteiger partial charge is 0.386 e. The summed E-state index contributed by atoms with van der Waals surface area (Å²) in [5, 5.41) is 36.3. The van der Waals surface area contributed by atoms with Crippen LogP contribution in [0.5, 0.6) is 0 Å². The van der Waals surface area contributed by atoms with Crippen LogP contribution in [0.2, 0.25) is 0 Å². The Kier molecular flexibility index (Phi) is 14.3. The molecular formula is C22H37N8O18P3. The molecule has 3 heterocycles. The predicted molar refractivity (Wildman–Crippen MR) is 166 cm³/mol. The zero-order valence-electron chi connectivity index (χ0n) is 26.7. The lowest BCUT2D eigenvalue weighted by Crippen LogP contribution is -2.46. The molecule has 1 aliphatic heterocycles. The summed E-state index contributed by atoms with van der Waals surface area (Å²) in [6.45, 7) is -0.154. The van der Waals surface area contributed by atoms with E-state index >= 15 is 0 Å². The van der Waals surface area contributed by atoms with Crippen LogP contribution in [0.25, 0.3) is 11.2 Å². The number of nitrogens with one attached hydrogen (secondary N) is 2. The number of nitrogen functional groups attached to an aromatic ring is 1. The molecule has 1 aliphatic rings. The van der Waals surface area contributed by atoms with Gasteiger partial charge in [0.05, 0.1) is 19.5 Å². The van der Waals surface area contributed by atoms with Crippen molar-refractivity contribution in [1.82, 2.24) is 30.2 Å². The van der Waals surface area contributed by atoms with Gasteiger partial charge in [-0.05, 0) is 0 Å². The molecule has 288 valence electrons. The standard InChI is InChI=1S/C22H37N8O18P3/c1-22(2,17(33)20(34)25-6-4-13(31)24-5-3-7-30(35)36)9-45-51(42,43)48-50(40,41)44-8-12-16(47-49(37,38)39)15(32)21(46-12)29-11-28-14-18(23)26-10-27-19(14)29/h10-12,15-17,21,32-33H,3-9H2,1-2H3,(H,24,31)(H,25,34)(H,40,41)(H,42,43)(H2,23,26,27)(H2,37,38,39)/t12-,15+,16-,17-,21+/m0/s1. The Morgan fingerprint density at radius 3 is 2.43 bits per heavy atom. The molecule has 2 amide bonds. The fourth-order valence-corrected chi connectivity index (χ4v) is 7.20. The lowest BCUT2D eigenvalue weighted by atomic mass is 9.87. The molecule has 7 atom stereocenters. The van der Waals surface area contributed by atoms with Crippen LogP contribution in [-0.4, -0.2) is 123 Å². The molecule has 1 fully saturated rings. The maximum absolute atomic E-state index is 12.6. The van der Waals surface area contributed by atoms with Gasteiger partial charge >= 0.3 is 23.5 Å². The number of hydrogen-bond acceptors (Lipinski definition) is 18. The molecule has 0 aromatic carbocycles. The van der Waals surface area contributed by atoms with E-state index in [1.807, 2.05) is 0 Å². The molecule has 0 radical (unpaired) electrons. The van der Waals surface area contributed by atoms with Gasteiger partial charge in [-0.3, -0.25) is 37.8 Å². The number of aliphatic hydroxyl groups excluding tert-OH is 2. The van der Waals surface area contributed by atoms with Gasteiger partial charge in [-0.25, -0.2) is 28.6 Å². The van der Waals surface area contributed by atoms with E-state index in [0.717, 1.165) is 17.2 Å². The number of carbonyl (C=O) groups is 2. The molecule has 10 N–H and O–H groups in total. The first-order valence-electron chi connectivity index (χ1n) is 14.5. The number of nitrogens with two attached hydrogens (primary N) is 1. The number of aromatic nitrogens is 4. The largest absolute Gasteiger partial charge is 0.481 e. The SMILES string of the molecule is CC(C)(COP(=O)(O)OP(=O)(O)OC[C@@H]1O[C@@H](n2cnc3c(N)ncnc32)[C@H](O)[C@H]1OP(=O)(O)O)[C@@H](O)C(=O)NCCC(=O)NCCC[N+](=O)[O-]. The van der Waals surface area contributed by atoms with E-state index in [2.05, 4.69) is 34.4 Å². The lowest BCUT2D eigenvalue weighted by Gasteiger charge is -2.30. The van der Waals surface area contributed by atoms with Gasteiger partial charge in [-0.1, -0.05) is 13.8 Å². The van der Waals surface area contributed by atoms with E-state index in [9.17, 15) is 63.2 Å². The molecular weight excluding hydrogens is 757 g/mol. The number of anilines is 1. The van der Waals surface area contributed by atoms with Gasteiger partial charge in [0.2, 0.25) is 18.4 Å². The number of ether oxygens (including phenoxy) is 1. The Bertz CT molecular complexity index is 1710. The number of amides is 2. The van der Waals surface area contributed by atoms with Gasteiger partial charge in [0, 0.05) is 36.3 Å². The number of nitrogens with zero attached hydrogens (tertiary/aromatic N) is 5. The van der Waals surface area contributed by atoms with Crippen LogP contribution >= 0.6 is 23.5 Å². The van der Waals surface area contributed by atoms with Gasteiger partial charge in [0.1, 0.15) is 36.3 Å². The van der Waals surface area contributed by atoms with Crippen molar-refractivity contribution in [3.05, 3.63) is 22.8 Å². The quantitative estimate of drug-likeness (QED) is 0.0305. The maximum atomic E-state index is 12.6. The summed E-state index contributed by atoms with van der Waals surface area (Å²) in [5.74, 6) is -1.59. The minimum absolute atomic E-state index is 0.0230. The number of carbonyl (C=O) groups excluding carboxylic acids is 2. The normalized spacial score (nSPS) is 22.6. The number of aliphatic hydroxyl groups is 2. The second-order valence-corrected chi connectivity index (χ2v) is 15.7. The van der Waals surface area contributed by atoms with Crippen molar-refractivity contribution < 1.29 is 80.6 Å². The molecule has 3 rings (SSSR count). The fourth-order valence-electron chi connectivity index (χ4n) is 4.38. The Morgan fingerprint density at radius 1 is 1.12 bits per heavy atom. The van der Waals surface area contributed by atoms with E-state index < -0.39 is 89.5 Å². The van der Waals surface area contributed by atoms with Crippen LogP contribution in [0.3, 0.4) is 0 Å². The zero-order chi connectivity index (χ0) is 38.4. The number of rotatable bonds is 20. The number of phosphoric acid groups is 3. The van der Waals surface area contributed by atoms with Crippen molar-refractivity contribution in [2.75, 3.05) is 38.6 Å². The predicted octanol–water partition coefficient (Wildman–Crippen LogP) is -1.93.